The summed E-state index contributed by atoms with van der Waals surface area (Å²) in [6, 6.07) is 6.12. The lowest BCUT2D eigenvalue weighted by Crippen LogP contribution is -2.43. The minimum Gasteiger partial charge on any atom is -0.470 e. The van der Waals surface area contributed by atoms with E-state index < -0.39 is 17.2 Å². The van der Waals surface area contributed by atoms with Crippen molar-refractivity contribution in [3.63, 3.8) is 0 Å². The Bertz CT molecular complexity index is 1300. The molecule has 0 amide bonds. The number of nitrogens with two attached hydrogens (primary N) is 1. The summed E-state index contributed by atoms with van der Waals surface area (Å²) in [6.07, 6.45) is 4.35. The Morgan fingerprint density at radius 2 is 2.06 bits per heavy atom. The third-order valence-electron chi connectivity index (χ3n) is 5.66. The van der Waals surface area contributed by atoms with Crippen molar-refractivity contribution in [2.75, 3.05) is 13.7 Å². The molecule has 0 fully saturated rings. The molecule has 36 heavy (non-hydrogen) atoms. The van der Waals surface area contributed by atoms with Crippen LogP contribution in [0.15, 0.2) is 46.2 Å². The molecule has 3 aromatic rings. The quantitative estimate of drug-likeness (QED) is 0.445. The topological polar surface area (TPSA) is 109 Å². The van der Waals surface area contributed by atoms with Crippen LogP contribution >= 0.6 is 11.8 Å². The Morgan fingerprint density at radius 3 is 2.72 bits per heavy atom. The van der Waals surface area contributed by atoms with Crippen molar-refractivity contribution < 1.29 is 22.8 Å². The molecule has 0 aliphatic carbocycles. The Hall–Kier alpha value is -3.31. The largest absolute Gasteiger partial charge is 0.470 e. The minimum absolute atomic E-state index is 0.0146. The highest BCUT2D eigenvalue weighted by atomic mass is 32.2. The van der Waals surface area contributed by atoms with E-state index in [-0.39, 0.29) is 22.9 Å². The second-order valence-corrected chi connectivity index (χ2v) is 10.7. The second kappa shape index (κ2) is 10.4. The van der Waals surface area contributed by atoms with Gasteiger partial charge < -0.3 is 19.7 Å². The molecule has 8 nitrogen and oxygen atoms in total. The van der Waals surface area contributed by atoms with E-state index in [1.807, 2.05) is 13.8 Å². The summed E-state index contributed by atoms with van der Waals surface area (Å²) in [5.74, 6) is -0.187. The standard InChI is InChI=1S/C25H27F2N5O3S/c1-15-7-17(32-35-15)12-34-22-11-29-21(10-30-22)20(27)9-16-5-6-19(26)18(8-16)25(3)13-24(2,14-33-4)36-23(28)31-25/h5-11H,12-14H2,1-4H3,(H2,28,31)/b20-9-/t24-,25+/m1/s1. The van der Waals surface area contributed by atoms with Crippen LogP contribution in [0.25, 0.3) is 11.9 Å². The average molecular weight is 516 g/mol. The van der Waals surface area contributed by atoms with Crippen LogP contribution in [0.3, 0.4) is 0 Å². The van der Waals surface area contributed by atoms with Crippen LogP contribution < -0.4 is 10.5 Å². The van der Waals surface area contributed by atoms with Gasteiger partial charge in [-0.2, -0.15) is 0 Å². The van der Waals surface area contributed by atoms with E-state index in [2.05, 4.69) is 20.1 Å². The van der Waals surface area contributed by atoms with Gasteiger partial charge >= 0.3 is 0 Å². The lowest BCUT2D eigenvalue weighted by Gasteiger charge is -2.41. The molecule has 3 heterocycles. The third kappa shape index (κ3) is 5.90. The fourth-order valence-corrected chi connectivity index (χ4v) is 5.56. The third-order valence-corrected chi connectivity index (χ3v) is 6.71. The maximum atomic E-state index is 15.0. The van der Waals surface area contributed by atoms with Gasteiger partial charge in [-0.05, 0) is 51.0 Å². The van der Waals surface area contributed by atoms with Gasteiger partial charge in [-0.1, -0.05) is 23.0 Å². The smallest absolute Gasteiger partial charge is 0.232 e. The van der Waals surface area contributed by atoms with Crippen LogP contribution in [0, 0.1) is 12.7 Å². The van der Waals surface area contributed by atoms with E-state index in [1.165, 1.54) is 42.4 Å². The molecular weight excluding hydrogens is 488 g/mol. The SMILES string of the molecule is COC[C@@]1(C)C[C@@](C)(c2cc(/C=C(\F)c3cnc(OCc4cc(C)on4)cn3)ccc2F)N=C(N)S1. The summed E-state index contributed by atoms with van der Waals surface area (Å²) in [6.45, 7) is 6.17. The Kier molecular flexibility index (Phi) is 7.41. The number of benzene rings is 1. The maximum absolute atomic E-state index is 15.0. The van der Waals surface area contributed by atoms with E-state index in [1.54, 1.807) is 26.2 Å². The van der Waals surface area contributed by atoms with Gasteiger partial charge in [0, 0.05) is 23.5 Å². The zero-order valence-electron chi connectivity index (χ0n) is 20.4. The zero-order chi connectivity index (χ0) is 25.9. The average Bonchev–Trinajstić information content (AvgIpc) is 3.23. The molecule has 0 spiro atoms. The van der Waals surface area contributed by atoms with Gasteiger partial charge in [0.25, 0.3) is 0 Å². The number of aliphatic imine (C=N–C) groups is 1. The summed E-state index contributed by atoms with van der Waals surface area (Å²) >= 11 is 1.41. The highest BCUT2D eigenvalue weighted by molar-refractivity contribution is 8.15. The van der Waals surface area contributed by atoms with Crippen molar-refractivity contribution in [1.29, 1.82) is 0 Å². The number of ether oxygens (including phenoxy) is 2. The molecule has 2 atom stereocenters. The van der Waals surface area contributed by atoms with Gasteiger partial charge in [0.2, 0.25) is 5.88 Å². The first-order valence-corrected chi connectivity index (χ1v) is 12.0. The van der Waals surface area contributed by atoms with Crippen molar-refractivity contribution in [1.82, 2.24) is 15.1 Å². The monoisotopic (exact) mass is 515 g/mol. The summed E-state index contributed by atoms with van der Waals surface area (Å²) in [5, 5.41) is 4.18. The molecular formula is C25H27F2N5O3S. The molecule has 1 aliphatic rings. The molecule has 190 valence electrons. The van der Waals surface area contributed by atoms with Gasteiger partial charge in [0.1, 0.15) is 29.6 Å². The van der Waals surface area contributed by atoms with E-state index in [0.29, 0.717) is 40.8 Å². The molecule has 11 heteroatoms. The fraction of sp³-hybridized carbons (Fsp3) is 0.360. The molecule has 2 aromatic heterocycles. The number of rotatable bonds is 8. The van der Waals surface area contributed by atoms with Gasteiger partial charge in [-0.25, -0.2) is 18.7 Å². The van der Waals surface area contributed by atoms with Crippen LogP contribution in [0.5, 0.6) is 5.88 Å². The Balaban J connectivity index is 1.53. The van der Waals surface area contributed by atoms with Crippen LogP contribution in [0.1, 0.15) is 48.5 Å². The van der Waals surface area contributed by atoms with Gasteiger partial charge in [-0.15, -0.1) is 0 Å². The first kappa shape index (κ1) is 25.8. The second-order valence-electron chi connectivity index (χ2n) is 9.07. The van der Waals surface area contributed by atoms with E-state index in [4.69, 9.17) is 19.7 Å². The lowest BCUT2D eigenvalue weighted by molar-refractivity contribution is 0.157. The van der Waals surface area contributed by atoms with Gasteiger partial charge in [0.15, 0.2) is 11.0 Å². The number of hydrogen-bond donors (Lipinski definition) is 1. The van der Waals surface area contributed by atoms with E-state index in [9.17, 15) is 8.78 Å². The summed E-state index contributed by atoms with van der Waals surface area (Å²) in [7, 11) is 1.61. The predicted molar refractivity (Wildman–Crippen MR) is 134 cm³/mol. The molecule has 1 aromatic carbocycles. The van der Waals surface area contributed by atoms with Crippen LogP contribution in [-0.4, -0.2) is 38.8 Å². The molecule has 0 saturated carbocycles. The first-order chi connectivity index (χ1) is 17.1. The highest BCUT2D eigenvalue weighted by Gasteiger charge is 2.43. The van der Waals surface area contributed by atoms with Crippen LogP contribution in [0.2, 0.25) is 0 Å². The van der Waals surface area contributed by atoms with Crippen molar-refractivity contribution in [2.45, 2.75) is 44.1 Å². The molecule has 2 N–H and O–H groups in total. The molecule has 4 rings (SSSR count). The van der Waals surface area contributed by atoms with Crippen LogP contribution in [-0.2, 0) is 16.9 Å². The predicted octanol–water partition coefficient (Wildman–Crippen LogP) is 5.03. The van der Waals surface area contributed by atoms with E-state index in [0.717, 1.165) is 0 Å². The minimum atomic E-state index is -0.936. The van der Waals surface area contributed by atoms with Crippen LogP contribution in [0.4, 0.5) is 8.78 Å². The number of hydrogen-bond acceptors (Lipinski definition) is 9. The number of halogens is 2. The molecule has 1 aliphatic heterocycles. The molecule has 0 unspecified atom stereocenters. The summed E-state index contributed by atoms with van der Waals surface area (Å²) < 4.78 is 45.4. The number of thioether (sulfide) groups is 1. The number of aryl methyl sites for hydroxylation is 1. The lowest BCUT2D eigenvalue weighted by atomic mass is 9.82. The Morgan fingerprint density at radius 1 is 1.25 bits per heavy atom. The van der Waals surface area contributed by atoms with Gasteiger partial charge in [-0.3, -0.25) is 4.99 Å². The molecule has 0 bridgehead atoms. The molecule has 0 saturated heterocycles. The van der Waals surface area contributed by atoms with Crippen molar-refractivity contribution in [2.24, 2.45) is 10.7 Å². The summed E-state index contributed by atoms with van der Waals surface area (Å²) in [5.41, 5.74) is 6.56. The highest BCUT2D eigenvalue weighted by Crippen LogP contribution is 2.46. The number of aromatic nitrogens is 3. The molecule has 0 radical (unpaired) electrons. The van der Waals surface area contributed by atoms with Crippen molar-refractivity contribution in [3.05, 3.63) is 70.8 Å². The summed E-state index contributed by atoms with van der Waals surface area (Å²) in [4.78, 5) is 12.7. The number of methoxy groups -OCH3 is 1. The first-order valence-electron chi connectivity index (χ1n) is 11.2. The number of amidine groups is 1. The number of nitrogens with zero attached hydrogens (tertiary/aromatic N) is 4. The maximum Gasteiger partial charge on any atom is 0.232 e. The van der Waals surface area contributed by atoms with Gasteiger partial charge in [0.05, 0.1) is 24.5 Å². The van der Waals surface area contributed by atoms with Crippen molar-refractivity contribution in [3.8, 4) is 5.88 Å². The van der Waals surface area contributed by atoms with Crippen molar-refractivity contribution >= 4 is 28.8 Å². The Labute approximate surface area is 212 Å². The zero-order valence-corrected chi connectivity index (χ0v) is 21.2. The van der Waals surface area contributed by atoms with E-state index >= 15 is 0 Å². The fourth-order valence-electron chi connectivity index (χ4n) is 4.28. The normalized spacial score (nSPS) is 22.4.